The van der Waals surface area contributed by atoms with Gasteiger partial charge < -0.3 is 0 Å². The summed E-state index contributed by atoms with van der Waals surface area (Å²) in [5, 5.41) is 0. The molecule has 0 rings (SSSR count). The number of hydrogen-bond donors (Lipinski definition) is 1. The van der Waals surface area contributed by atoms with Gasteiger partial charge in [-0.05, 0) is 94.7 Å². The Bertz CT molecular complexity index is 1540. The summed E-state index contributed by atoms with van der Waals surface area (Å²) < 4.78 is 5.88. The zero-order valence-corrected chi connectivity index (χ0v) is 19.3. The van der Waals surface area contributed by atoms with Gasteiger partial charge in [0.1, 0.15) is 0 Å². The molecule has 34 heavy (non-hydrogen) atoms. The molecule has 0 atom stereocenters. The minimum absolute atomic E-state index is 0. The van der Waals surface area contributed by atoms with Gasteiger partial charge in [0, 0.05) is 83.9 Å². The molecule has 0 aromatic heterocycles. The van der Waals surface area contributed by atoms with Gasteiger partial charge in [-0.3, -0.25) is 0 Å². The van der Waals surface area contributed by atoms with Crippen molar-refractivity contribution >= 4 is 16.3 Å². The first-order valence-corrected chi connectivity index (χ1v) is 9.16. The van der Waals surface area contributed by atoms with E-state index >= 15 is 0 Å². The molecule has 0 heterocycles. The van der Waals surface area contributed by atoms with Crippen molar-refractivity contribution in [2.75, 3.05) is 0 Å². The van der Waals surface area contributed by atoms with Crippen LogP contribution in [-0.4, -0.2) is 16.3 Å². The molecule has 0 radical (unpaired) electrons. The molecule has 0 aliphatic heterocycles. The standard InChI is InChI=1S/C30H2.2CH4.GeH3N.9H2/c1-3-5-7-9-11-13-15-17-19-21-23-25-27-29-30-28-26-24-22-20-18-16-14-12-10-8-6-4-2;;;1-2;;;;;;;;;/h1-2H;2*1H4;2H,1H2;9*1H. The van der Waals surface area contributed by atoms with Crippen LogP contribution in [0, 0.1) is 183 Å². The van der Waals surface area contributed by atoms with Crippen LogP contribution in [-0.2, 0) is 0 Å². The predicted octanol–water partition coefficient (Wildman–Crippen LogP) is 3.17. The Kier molecular flexibility index (Phi) is 38.8. The molecule has 1 nitrogen and oxygen atoms in total. The Morgan fingerprint density at radius 2 is 0.382 bits per heavy atom. The van der Waals surface area contributed by atoms with Crippen LogP contribution >= 0.6 is 0 Å². The van der Waals surface area contributed by atoms with Crippen LogP contribution in [0.5, 0.6) is 0 Å². The average molecular weight is 502 g/mol. The van der Waals surface area contributed by atoms with E-state index in [0.717, 1.165) is 0 Å². The summed E-state index contributed by atoms with van der Waals surface area (Å²) in [6.45, 7) is 0. The number of rotatable bonds is 0. The van der Waals surface area contributed by atoms with Gasteiger partial charge >= 0.3 is 20.6 Å². The van der Waals surface area contributed by atoms with E-state index in [-0.39, 0.29) is 27.7 Å². The van der Waals surface area contributed by atoms with Gasteiger partial charge in [0.15, 0.2) is 0 Å². The molecule has 2 heteroatoms. The zero-order chi connectivity index (χ0) is 23.8. The van der Waals surface area contributed by atoms with E-state index in [4.69, 9.17) is 17.2 Å². The monoisotopic (exact) mass is 503 g/mol. The topological polar surface area (TPSA) is 23.9 Å². The van der Waals surface area contributed by atoms with Crippen molar-refractivity contribution in [2.24, 2.45) is 0 Å². The molecule has 0 aliphatic rings. The van der Waals surface area contributed by atoms with Crippen molar-refractivity contribution in [3.05, 3.63) is 0 Å². The molecule has 0 saturated carbocycles. The van der Waals surface area contributed by atoms with Gasteiger partial charge in [-0.1, -0.05) is 14.9 Å². The van der Waals surface area contributed by atoms with Crippen molar-refractivity contribution in [1.29, 1.82) is 4.32 Å². The van der Waals surface area contributed by atoms with E-state index in [2.05, 4.69) is 166 Å². The molecular weight excluding hydrogens is 471 g/mol. The third-order valence-corrected chi connectivity index (χ3v) is 1.71. The molecular formula is C32H31GeN. The first kappa shape index (κ1) is 35.2. The maximum absolute atomic E-state index is 5.88. The molecule has 168 valence electrons. The third-order valence-electron chi connectivity index (χ3n) is 1.71. The van der Waals surface area contributed by atoms with Crippen LogP contribution in [0.2, 0.25) is 0 Å². The van der Waals surface area contributed by atoms with Gasteiger partial charge in [-0.15, -0.1) is 12.8 Å². The number of hydrogen-bond acceptors (Lipinski definition) is 1. The molecule has 1 N–H and O–H groups in total. The van der Waals surface area contributed by atoms with Gasteiger partial charge in [0.2, 0.25) is 0 Å². The third kappa shape index (κ3) is 36.6. The van der Waals surface area contributed by atoms with E-state index in [0.29, 0.717) is 16.3 Å². The summed E-state index contributed by atoms with van der Waals surface area (Å²) >= 11 is 0.625. The molecule has 0 spiro atoms. The van der Waals surface area contributed by atoms with Gasteiger partial charge in [0.05, 0.1) is 0 Å². The quantitative estimate of drug-likeness (QED) is 0.389. The van der Waals surface area contributed by atoms with Crippen LogP contribution in [0.4, 0.5) is 0 Å². The molecule has 0 aromatic carbocycles. The molecule has 0 aliphatic carbocycles. The van der Waals surface area contributed by atoms with E-state index in [9.17, 15) is 0 Å². The second kappa shape index (κ2) is 37.5. The fraction of sp³-hybridized carbons (Fsp3) is 0.0625. The van der Waals surface area contributed by atoms with Crippen molar-refractivity contribution < 1.29 is 12.8 Å². The Labute approximate surface area is 227 Å². The van der Waals surface area contributed by atoms with Crippen LogP contribution in [0.15, 0.2) is 0 Å². The van der Waals surface area contributed by atoms with Gasteiger partial charge in [0.25, 0.3) is 0 Å². The van der Waals surface area contributed by atoms with E-state index in [1.165, 1.54) is 0 Å². The summed E-state index contributed by atoms with van der Waals surface area (Å²) in [4.78, 5) is 0. The summed E-state index contributed by atoms with van der Waals surface area (Å²) in [5.74, 6) is 68.2. The van der Waals surface area contributed by atoms with E-state index in [1.807, 2.05) is 0 Å². The van der Waals surface area contributed by atoms with Crippen LogP contribution in [0.1, 0.15) is 27.7 Å². The predicted molar refractivity (Wildman–Crippen MR) is 163 cm³/mol. The first-order valence-electron chi connectivity index (χ1n) is 7.68. The van der Waals surface area contributed by atoms with Crippen molar-refractivity contribution in [1.82, 2.24) is 0 Å². The van der Waals surface area contributed by atoms with Crippen LogP contribution < -0.4 is 0 Å². The Hall–Kier alpha value is -6.26. The number of nitrogens with one attached hydrogen (secondary N) is 1. The Morgan fingerprint density at radius 3 is 0.471 bits per heavy atom. The van der Waals surface area contributed by atoms with E-state index < -0.39 is 0 Å². The summed E-state index contributed by atoms with van der Waals surface area (Å²) in [6.07, 6.45) is 9.83. The van der Waals surface area contributed by atoms with Crippen LogP contribution in [0.3, 0.4) is 0 Å². The Morgan fingerprint density at radius 1 is 0.294 bits per heavy atom. The SMILES string of the molecule is C.C.C#CC#CC#CC#CC#CC#CC#CC#CC#CC#CC#CC#CC#CC#CC#C.[HH].[HH].[HH].[HH].[HH].[HH].[HH].[HH].[HH].[NH]=[GeH2]. The van der Waals surface area contributed by atoms with Crippen molar-refractivity contribution in [2.45, 2.75) is 14.9 Å². The normalized spacial score (nSPS) is 3.47. The second-order valence-corrected chi connectivity index (χ2v) is 3.54. The molecule has 0 aromatic rings. The first-order chi connectivity index (χ1) is 15.9. The number of terminal acetylenes is 2. The summed E-state index contributed by atoms with van der Waals surface area (Å²) in [5.41, 5.74) is 0. The molecule has 0 saturated heterocycles. The minimum atomic E-state index is 0. The summed E-state index contributed by atoms with van der Waals surface area (Å²) in [6, 6.07) is 0. The van der Waals surface area contributed by atoms with E-state index in [1.54, 1.807) is 0 Å². The molecule has 0 amide bonds. The average Bonchev–Trinajstić information content (AvgIpc) is 2.82. The van der Waals surface area contributed by atoms with Crippen molar-refractivity contribution in [3.8, 4) is 179 Å². The Balaban J connectivity index is -0.0000000615. The van der Waals surface area contributed by atoms with Crippen molar-refractivity contribution in [3.63, 3.8) is 0 Å². The van der Waals surface area contributed by atoms with Gasteiger partial charge in [-0.25, -0.2) is 0 Å². The fourth-order valence-corrected chi connectivity index (χ4v) is 0.822. The summed E-state index contributed by atoms with van der Waals surface area (Å²) in [7, 11) is 0. The zero-order valence-electron chi connectivity index (χ0n) is 16.4. The molecule has 0 bridgehead atoms. The van der Waals surface area contributed by atoms with Gasteiger partial charge in [-0.2, -0.15) is 0 Å². The maximum atomic E-state index is 5.88. The fourth-order valence-electron chi connectivity index (χ4n) is 0.822. The molecule has 0 fully saturated rings. The molecule has 0 unspecified atom stereocenters. The van der Waals surface area contributed by atoms with Crippen LogP contribution in [0.25, 0.3) is 0 Å². The second-order valence-electron chi connectivity index (χ2n) is 3.54.